The molecule has 98 valence electrons. The van der Waals surface area contributed by atoms with E-state index in [0.717, 1.165) is 5.56 Å². The zero-order valence-electron chi connectivity index (χ0n) is 10.6. The van der Waals surface area contributed by atoms with Crippen LogP contribution in [0.15, 0.2) is 42.5 Å². The van der Waals surface area contributed by atoms with Gasteiger partial charge in [0.2, 0.25) is 0 Å². The molecule has 0 saturated carbocycles. The van der Waals surface area contributed by atoms with E-state index in [4.69, 9.17) is 5.73 Å². The van der Waals surface area contributed by atoms with E-state index in [0.29, 0.717) is 17.9 Å². The lowest BCUT2D eigenvalue weighted by Crippen LogP contribution is -2.02. The molecule has 2 rings (SSSR count). The first-order valence-electron chi connectivity index (χ1n) is 5.89. The van der Waals surface area contributed by atoms with Crippen LogP contribution < -0.4 is 11.1 Å². The smallest absolute Gasteiger partial charge is 0.273 e. The number of hydrogen-bond acceptors (Lipinski definition) is 4. The predicted molar refractivity (Wildman–Crippen MR) is 76.0 cm³/mol. The molecule has 0 aliphatic rings. The third-order valence-corrected chi connectivity index (χ3v) is 2.90. The minimum atomic E-state index is -0.449. The number of nitro benzene ring substituents is 1. The van der Waals surface area contributed by atoms with Crippen LogP contribution in [0, 0.1) is 17.0 Å². The molecule has 5 nitrogen and oxygen atoms in total. The van der Waals surface area contributed by atoms with Gasteiger partial charge in [0.25, 0.3) is 5.69 Å². The maximum absolute atomic E-state index is 10.8. The predicted octanol–water partition coefficient (Wildman–Crippen LogP) is 3.10. The van der Waals surface area contributed by atoms with E-state index in [1.165, 1.54) is 17.7 Å². The number of benzene rings is 2. The van der Waals surface area contributed by atoms with Gasteiger partial charge in [-0.2, -0.15) is 0 Å². The number of nitrogens with zero attached hydrogens (tertiary/aromatic N) is 1. The Hall–Kier alpha value is -2.56. The fourth-order valence-electron chi connectivity index (χ4n) is 1.85. The zero-order chi connectivity index (χ0) is 13.8. The Balaban J connectivity index is 2.16. The fraction of sp³-hybridized carbons (Fsp3) is 0.143. The summed E-state index contributed by atoms with van der Waals surface area (Å²) in [6, 6.07) is 12.5. The Morgan fingerprint density at radius 1 is 1.26 bits per heavy atom. The second kappa shape index (κ2) is 5.39. The third kappa shape index (κ3) is 3.22. The number of aryl methyl sites for hydroxylation is 1. The molecule has 0 amide bonds. The number of rotatable bonds is 4. The van der Waals surface area contributed by atoms with Crippen LogP contribution in [0.5, 0.6) is 0 Å². The molecule has 0 atom stereocenters. The maximum atomic E-state index is 10.8. The SMILES string of the molecule is Cc1ccccc1CNc1cc(N)cc([N+](=O)[O-])c1. The van der Waals surface area contributed by atoms with Gasteiger partial charge < -0.3 is 11.1 Å². The Labute approximate surface area is 111 Å². The van der Waals surface area contributed by atoms with Crippen molar-refractivity contribution in [2.45, 2.75) is 13.5 Å². The van der Waals surface area contributed by atoms with Crippen molar-refractivity contribution in [1.82, 2.24) is 0 Å². The van der Waals surface area contributed by atoms with Crippen LogP contribution in [0.4, 0.5) is 17.1 Å². The summed E-state index contributed by atoms with van der Waals surface area (Å²) in [4.78, 5) is 10.3. The van der Waals surface area contributed by atoms with Crippen molar-refractivity contribution < 1.29 is 4.92 Å². The number of nitrogen functional groups attached to an aromatic ring is 1. The van der Waals surface area contributed by atoms with Gasteiger partial charge in [-0.3, -0.25) is 10.1 Å². The highest BCUT2D eigenvalue weighted by Gasteiger charge is 2.08. The molecule has 3 N–H and O–H groups in total. The highest BCUT2D eigenvalue weighted by Crippen LogP contribution is 2.23. The van der Waals surface area contributed by atoms with Crippen molar-refractivity contribution >= 4 is 17.1 Å². The zero-order valence-corrected chi connectivity index (χ0v) is 10.6. The molecule has 0 heterocycles. The van der Waals surface area contributed by atoms with Gasteiger partial charge in [-0.25, -0.2) is 0 Å². The quantitative estimate of drug-likeness (QED) is 0.501. The average molecular weight is 257 g/mol. The lowest BCUT2D eigenvalue weighted by molar-refractivity contribution is -0.384. The molecule has 0 spiro atoms. The number of anilines is 2. The molecule has 0 saturated heterocycles. The van der Waals surface area contributed by atoms with Gasteiger partial charge in [-0.05, 0) is 24.1 Å². The summed E-state index contributed by atoms with van der Waals surface area (Å²) in [5, 5.41) is 13.9. The molecule has 5 heteroatoms. The average Bonchev–Trinajstić information content (AvgIpc) is 2.37. The minimum Gasteiger partial charge on any atom is -0.398 e. The van der Waals surface area contributed by atoms with Gasteiger partial charge in [0, 0.05) is 30.1 Å². The van der Waals surface area contributed by atoms with Crippen molar-refractivity contribution in [1.29, 1.82) is 0 Å². The van der Waals surface area contributed by atoms with Crippen molar-refractivity contribution in [2.75, 3.05) is 11.1 Å². The van der Waals surface area contributed by atoms with Crippen LogP contribution in [0.2, 0.25) is 0 Å². The molecule has 0 unspecified atom stereocenters. The van der Waals surface area contributed by atoms with Gasteiger partial charge >= 0.3 is 0 Å². The molecule has 0 fully saturated rings. The number of nitro groups is 1. The van der Waals surface area contributed by atoms with E-state index in [1.807, 2.05) is 31.2 Å². The number of hydrogen-bond donors (Lipinski definition) is 2. The molecule has 0 radical (unpaired) electrons. The van der Waals surface area contributed by atoms with Gasteiger partial charge in [0.15, 0.2) is 0 Å². The molecule has 0 aromatic heterocycles. The van der Waals surface area contributed by atoms with E-state index in [2.05, 4.69) is 5.32 Å². The summed E-state index contributed by atoms with van der Waals surface area (Å²) < 4.78 is 0. The monoisotopic (exact) mass is 257 g/mol. The standard InChI is InChI=1S/C14H15N3O2/c1-10-4-2-3-5-11(10)9-16-13-6-12(15)7-14(8-13)17(18)19/h2-8,16H,9,15H2,1H3. The lowest BCUT2D eigenvalue weighted by atomic mass is 10.1. The molecule has 0 aliphatic heterocycles. The first-order valence-corrected chi connectivity index (χ1v) is 5.89. The largest absolute Gasteiger partial charge is 0.398 e. The van der Waals surface area contributed by atoms with Gasteiger partial charge in [0.1, 0.15) is 0 Å². The maximum Gasteiger partial charge on any atom is 0.273 e. The molecular weight excluding hydrogens is 242 g/mol. The molecule has 19 heavy (non-hydrogen) atoms. The van der Waals surface area contributed by atoms with Crippen LogP contribution in [-0.2, 0) is 6.54 Å². The van der Waals surface area contributed by atoms with Crippen LogP contribution in [0.3, 0.4) is 0 Å². The van der Waals surface area contributed by atoms with E-state index in [9.17, 15) is 10.1 Å². The Bertz CT molecular complexity index is 611. The summed E-state index contributed by atoms with van der Waals surface area (Å²) in [6.45, 7) is 2.63. The molecule has 0 bridgehead atoms. The van der Waals surface area contributed by atoms with Gasteiger partial charge in [-0.15, -0.1) is 0 Å². The van der Waals surface area contributed by atoms with Gasteiger partial charge in [0.05, 0.1) is 4.92 Å². The van der Waals surface area contributed by atoms with E-state index in [1.54, 1.807) is 6.07 Å². The van der Waals surface area contributed by atoms with Crippen LogP contribution in [0.25, 0.3) is 0 Å². The summed E-state index contributed by atoms with van der Waals surface area (Å²) in [6.07, 6.45) is 0. The first kappa shape index (κ1) is 12.9. The fourth-order valence-corrected chi connectivity index (χ4v) is 1.85. The summed E-state index contributed by atoms with van der Waals surface area (Å²) >= 11 is 0. The van der Waals surface area contributed by atoms with Crippen molar-refractivity contribution in [3.05, 3.63) is 63.7 Å². The first-order chi connectivity index (χ1) is 9.06. The van der Waals surface area contributed by atoms with Crippen molar-refractivity contribution in [2.24, 2.45) is 0 Å². The molecule has 2 aromatic rings. The second-order valence-corrected chi connectivity index (χ2v) is 4.35. The third-order valence-electron chi connectivity index (χ3n) is 2.90. The van der Waals surface area contributed by atoms with Crippen LogP contribution in [0.1, 0.15) is 11.1 Å². The topological polar surface area (TPSA) is 81.2 Å². The molecular formula is C14H15N3O2. The van der Waals surface area contributed by atoms with E-state index >= 15 is 0 Å². The second-order valence-electron chi connectivity index (χ2n) is 4.35. The summed E-state index contributed by atoms with van der Waals surface area (Å²) in [7, 11) is 0. The number of non-ortho nitro benzene ring substituents is 1. The number of nitrogens with one attached hydrogen (secondary N) is 1. The Morgan fingerprint density at radius 2 is 2.00 bits per heavy atom. The lowest BCUT2D eigenvalue weighted by Gasteiger charge is -2.09. The van der Waals surface area contributed by atoms with E-state index < -0.39 is 4.92 Å². The highest BCUT2D eigenvalue weighted by atomic mass is 16.6. The Kier molecular flexibility index (Phi) is 3.66. The summed E-state index contributed by atoms with van der Waals surface area (Å²) in [5.74, 6) is 0. The van der Waals surface area contributed by atoms with Crippen molar-refractivity contribution in [3.8, 4) is 0 Å². The normalized spacial score (nSPS) is 10.2. The van der Waals surface area contributed by atoms with Crippen LogP contribution >= 0.6 is 0 Å². The molecule has 2 aromatic carbocycles. The van der Waals surface area contributed by atoms with Crippen LogP contribution in [-0.4, -0.2) is 4.92 Å². The van der Waals surface area contributed by atoms with Crippen molar-refractivity contribution in [3.63, 3.8) is 0 Å². The highest BCUT2D eigenvalue weighted by molar-refractivity contribution is 5.61. The Morgan fingerprint density at radius 3 is 2.68 bits per heavy atom. The molecule has 0 aliphatic carbocycles. The summed E-state index contributed by atoms with van der Waals surface area (Å²) in [5.41, 5.74) is 8.99. The van der Waals surface area contributed by atoms with Gasteiger partial charge in [-0.1, -0.05) is 24.3 Å². The minimum absolute atomic E-state index is 0.00714. The number of nitrogens with two attached hydrogens (primary N) is 1. The van der Waals surface area contributed by atoms with E-state index in [-0.39, 0.29) is 5.69 Å².